The maximum atomic E-state index is 13.9. The van der Waals surface area contributed by atoms with Crippen LogP contribution >= 0.6 is 0 Å². The van der Waals surface area contributed by atoms with Crippen molar-refractivity contribution >= 4 is 5.91 Å². The van der Waals surface area contributed by atoms with E-state index >= 15 is 0 Å². The Morgan fingerprint density at radius 2 is 1.77 bits per heavy atom. The van der Waals surface area contributed by atoms with Crippen molar-refractivity contribution in [2.45, 2.75) is 33.2 Å². The van der Waals surface area contributed by atoms with Crippen LogP contribution in [0.2, 0.25) is 0 Å². The van der Waals surface area contributed by atoms with Gasteiger partial charge < -0.3 is 4.90 Å². The van der Waals surface area contributed by atoms with E-state index in [9.17, 15) is 13.6 Å². The van der Waals surface area contributed by atoms with Gasteiger partial charge in [-0.3, -0.25) is 9.69 Å². The molecule has 1 aliphatic heterocycles. The molecule has 1 heterocycles. The predicted octanol–water partition coefficient (Wildman–Crippen LogP) is 3.22. The van der Waals surface area contributed by atoms with Gasteiger partial charge in [-0.15, -0.1) is 0 Å². The Balaban J connectivity index is 1.95. The van der Waals surface area contributed by atoms with Gasteiger partial charge in [0.25, 0.3) is 0 Å². The van der Waals surface area contributed by atoms with Crippen molar-refractivity contribution < 1.29 is 13.6 Å². The first kappa shape index (κ1) is 16.9. The lowest BCUT2D eigenvalue weighted by Crippen LogP contribution is -2.49. The Morgan fingerprint density at radius 3 is 2.32 bits per heavy atom. The van der Waals surface area contributed by atoms with Gasteiger partial charge in [-0.05, 0) is 18.9 Å². The Bertz CT molecular complexity index is 525. The second-order valence-corrected chi connectivity index (χ2v) is 6.36. The van der Waals surface area contributed by atoms with Gasteiger partial charge in [-0.1, -0.05) is 19.9 Å². The van der Waals surface area contributed by atoms with Gasteiger partial charge in [-0.25, -0.2) is 8.78 Å². The number of carbonyl (C=O) groups excluding carboxylic acids is 1. The number of hydrogen-bond acceptors (Lipinski definition) is 2. The predicted molar refractivity (Wildman–Crippen MR) is 82.4 cm³/mol. The summed E-state index contributed by atoms with van der Waals surface area (Å²) in [7, 11) is 0. The van der Waals surface area contributed by atoms with Gasteiger partial charge in [-0.2, -0.15) is 0 Å². The fourth-order valence-electron chi connectivity index (χ4n) is 2.87. The molecule has 0 spiro atoms. The van der Waals surface area contributed by atoms with E-state index in [0.717, 1.165) is 6.07 Å². The summed E-state index contributed by atoms with van der Waals surface area (Å²) >= 11 is 0. The molecule has 5 heteroatoms. The molecule has 1 aromatic rings. The van der Waals surface area contributed by atoms with Crippen molar-refractivity contribution in [3.63, 3.8) is 0 Å². The minimum Gasteiger partial charge on any atom is -0.340 e. The molecule has 1 unspecified atom stereocenters. The average Bonchev–Trinajstić information content (AvgIpc) is 2.46. The highest BCUT2D eigenvalue weighted by atomic mass is 19.1. The summed E-state index contributed by atoms with van der Waals surface area (Å²) in [5.41, 5.74) is 0.503. The van der Waals surface area contributed by atoms with Crippen molar-refractivity contribution in [3.8, 4) is 0 Å². The minimum atomic E-state index is -0.558. The van der Waals surface area contributed by atoms with Crippen molar-refractivity contribution in [1.29, 1.82) is 0 Å². The van der Waals surface area contributed by atoms with Gasteiger partial charge in [0, 0.05) is 50.3 Å². The molecule has 1 fully saturated rings. The minimum absolute atomic E-state index is 0.122. The maximum absolute atomic E-state index is 13.9. The number of hydrogen-bond donors (Lipinski definition) is 0. The van der Waals surface area contributed by atoms with E-state index in [2.05, 4.69) is 4.90 Å². The van der Waals surface area contributed by atoms with Gasteiger partial charge in [0.1, 0.15) is 11.6 Å². The molecule has 1 atom stereocenters. The molecule has 22 heavy (non-hydrogen) atoms. The van der Waals surface area contributed by atoms with Gasteiger partial charge in [0.15, 0.2) is 0 Å². The van der Waals surface area contributed by atoms with Crippen LogP contribution in [0.3, 0.4) is 0 Å². The number of nitrogens with zero attached hydrogens (tertiary/aromatic N) is 2. The monoisotopic (exact) mass is 310 g/mol. The van der Waals surface area contributed by atoms with Gasteiger partial charge in [0.2, 0.25) is 5.91 Å². The molecule has 0 aliphatic carbocycles. The fraction of sp³-hybridized carbons (Fsp3) is 0.588. The summed E-state index contributed by atoms with van der Waals surface area (Å²) < 4.78 is 26.9. The zero-order chi connectivity index (χ0) is 16.3. The summed E-state index contributed by atoms with van der Waals surface area (Å²) in [6, 6.07) is 3.60. The Kier molecular flexibility index (Phi) is 5.51. The van der Waals surface area contributed by atoms with Crippen LogP contribution in [-0.4, -0.2) is 41.9 Å². The molecule has 0 saturated carbocycles. The third-order valence-corrected chi connectivity index (χ3v) is 4.21. The topological polar surface area (TPSA) is 23.6 Å². The van der Waals surface area contributed by atoms with Crippen LogP contribution < -0.4 is 0 Å². The number of piperazine rings is 1. The standard InChI is InChI=1S/C17H24F2N2O/c1-12(2)10-17(22)21-8-6-20(7-9-21)13(3)15-5-4-14(18)11-16(15)19/h4-5,11-13H,6-10H2,1-3H3. The molecule has 1 aliphatic rings. The number of amides is 1. The van der Waals surface area contributed by atoms with Crippen LogP contribution in [0, 0.1) is 17.6 Å². The molecule has 3 nitrogen and oxygen atoms in total. The highest BCUT2D eigenvalue weighted by molar-refractivity contribution is 5.76. The van der Waals surface area contributed by atoms with E-state index in [-0.39, 0.29) is 11.9 Å². The highest BCUT2D eigenvalue weighted by Gasteiger charge is 2.26. The zero-order valence-electron chi connectivity index (χ0n) is 13.5. The number of carbonyl (C=O) groups is 1. The molecule has 2 rings (SSSR count). The van der Waals surface area contributed by atoms with Crippen molar-refractivity contribution in [2.75, 3.05) is 26.2 Å². The van der Waals surface area contributed by atoms with E-state index in [4.69, 9.17) is 0 Å². The summed E-state index contributed by atoms with van der Waals surface area (Å²) in [5, 5.41) is 0. The number of halogens is 2. The Labute approximate surface area is 130 Å². The molecular formula is C17H24F2N2O. The SMILES string of the molecule is CC(C)CC(=O)N1CCN(C(C)c2ccc(F)cc2F)CC1. The third-order valence-electron chi connectivity index (χ3n) is 4.21. The molecule has 1 saturated heterocycles. The van der Waals surface area contributed by atoms with Crippen molar-refractivity contribution in [3.05, 3.63) is 35.4 Å². The van der Waals surface area contributed by atoms with Crippen molar-refractivity contribution in [2.24, 2.45) is 5.92 Å². The molecule has 0 radical (unpaired) electrons. The van der Waals surface area contributed by atoms with Crippen LogP contribution in [-0.2, 0) is 4.79 Å². The summed E-state index contributed by atoms with van der Waals surface area (Å²) in [6.07, 6.45) is 0.572. The fourth-order valence-corrected chi connectivity index (χ4v) is 2.87. The van der Waals surface area contributed by atoms with E-state index in [0.29, 0.717) is 44.1 Å². The quantitative estimate of drug-likeness (QED) is 0.852. The Morgan fingerprint density at radius 1 is 1.14 bits per heavy atom. The van der Waals surface area contributed by atoms with E-state index < -0.39 is 11.6 Å². The van der Waals surface area contributed by atoms with Crippen LogP contribution in [0.5, 0.6) is 0 Å². The van der Waals surface area contributed by atoms with Crippen molar-refractivity contribution in [1.82, 2.24) is 9.80 Å². The first-order valence-corrected chi connectivity index (χ1v) is 7.85. The molecule has 1 amide bonds. The summed E-state index contributed by atoms with van der Waals surface area (Å²) in [5.74, 6) is -0.517. The first-order chi connectivity index (χ1) is 10.4. The summed E-state index contributed by atoms with van der Waals surface area (Å²) in [4.78, 5) is 16.1. The molecule has 1 aromatic carbocycles. The third kappa shape index (κ3) is 4.03. The smallest absolute Gasteiger partial charge is 0.222 e. The molecule has 122 valence electrons. The lowest BCUT2D eigenvalue weighted by Gasteiger charge is -2.38. The van der Waals surface area contributed by atoms with Gasteiger partial charge >= 0.3 is 0 Å². The lowest BCUT2D eigenvalue weighted by molar-refractivity contribution is -0.134. The second-order valence-electron chi connectivity index (χ2n) is 6.36. The van der Waals surface area contributed by atoms with Crippen LogP contribution in [0.4, 0.5) is 8.78 Å². The lowest BCUT2D eigenvalue weighted by atomic mass is 10.0. The number of benzene rings is 1. The summed E-state index contributed by atoms with van der Waals surface area (Å²) in [6.45, 7) is 8.74. The molecular weight excluding hydrogens is 286 g/mol. The first-order valence-electron chi connectivity index (χ1n) is 7.85. The van der Waals surface area contributed by atoms with E-state index in [1.807, 2.05) is 25.7 Å². The molecule has 0 aromatic heterocycles. The van der Waals surface area contributed by atoms with E-state index in [1.165, 1.54) is 12.1 Å². The van der Waals surface area contributed by atoms with E-state index in [1.54, 1.807) is 0 Å². The molecule has 0 bridgehead atoms. The average molecular weight is 310 g/mol. The zero-order valence-corrected chi connectivity index (χ0v) is 13.5. The Hall–Kier alpha value is -1.49. The normalized spacial score (nSPS) is 17.8. The second kappa shape index (κ2) is 7.18. The van der Waals surface area contributed by atoms with Crippen LogP contribution in [0.1, 0.15) is 38.8 Å². The maximum Gasteiger partial charge on any atom is 0.222 e. The molecule has 0 N–H and O–H groups in total. The van der Waals surface area contributed by atoms with Gasteiger partial charge in [0.05, 0.1) is 0 Å². The largest absolute Gasteiger partial charge is 0.340 e. The number of rotatable bonds is 4. The van der Waals surface area contributed by atoms with Crippen LogP contribution in [0.25, 0.3) is 0 Å². The highest BCUT2D eigenvalue weighted by Crippen LogP contribution is 2.24. The van der Waals surface area contributed by atoms with Crippen LogP contribution in [0.15, 0.2) is 18.2 Å².